The lowest BCUT2D eigenvalue weighted by Gasteiger charge is -2.36. The molecule has 0 aliphatic carbocycles. The largest absolute Gasteiger partial charge is 0.484 e. The summed E-state index contributed by atoms with van der Waals surface area (Å²) >= 11 is 0. The number of hydrogen-bond acceptors (Lipinski definition) is 5. The number of likely N-dealkylation sites (N-methyl/N-ethyl adjacent to an activating group) is 1. The summed E-state index contributed by atoms with van der Waals surface area (Å²) in [6, 6.07) is 14.8. The van der Waals surface area contributed by atoms with Crippen molar-refractivity contribution in [2.75, 3.05) is 49.5 Å². The van der Waals surface area contributed by atoms with Gasteiger partial charge in [-0.2, -0.15) is 0 Å². The van der Waals surface area contributed by atoms with Crippen LogP contribution in [0.1, 0.15) is 30.6 Å². The molecule has 154 valence electrons. The van der Waals surface area contributed by atoms with Crippen molar-refractivity contribution < 1.29 is 14.3 Å². The molecule has 1 aliphatic heterocycles. The van der Waals surface area contributed by atoms with Crippen molar-refractivity contribution in [1.29, 1.82) is 0 Å². The highest BCUT2D eigenvalue weighted by Gasteiger charge is 2.18. The Bertz CT molecular complexity index is 828. The van der Waals surface area contributed by atoms with E-state index in [2.05, 4.69) is 22.0 Å². The van der Waals surface area contributed by atoms with Gasteiger partial charge in [0.05, 0.1) is 11.4 Å². The standard InChI is InChI=1S/C23H29N3O3/c1-3-22(27)18-9-11-19(12-10-18)29-17-23(28)24-20-7-5-6-8-21(20)26-15-13-25(4-2)14-16-26/h5-12H,3-4,13-17H2,1-2H3,(H,24,28). The number of ether oxygens (including phenoxy) is 1. The summed E-state index contributed by atoms with van der Waals surface area (Å²) in [5.41, 5.74) is 2.50. The molecule has 0 aromatic heterocycles. The Labute approximate surface area is 172 Å². The van der Waals surface area contributed by atoms with Gasteiger partial charge in [0.25, 0.3) is 5.91 Å². The molecule has 29 heavy (non-hydrogen) atoms. The van der Waals surface area contributed by atoms with Crippen molar-refractivity contribution in [3.63, 3.8) is 0 Å². The molecule has 0 saturated carbocycles. The number of piperazine rings is 1. The van der Waals surface area contributed by atoms with Crippen LogP contribution >= 0.6 is 0 Å². The maximum atomic E-state index is 12.4. The van der Waals surface area contributed by atoms with Gasteiger partial charge < -0.3 is 19.9 Å². The number of rotatable bonds is 8. The summed E-state index contributed by atoms with van der Waals surface area (Å²) in [5, 5.41) is 2.97. The van der Waals surface area contributed by atoms with E-state index in [1.54, 1.807) is 24.3 Å². The van der Waals surface area contributed by atoms with E-state index in [1.807, 2.05) is 31.2 Å². The fraction of sp³-hybridized carbons (Fsp3) is 0.391. The fourth-order valence-corrected chi connectivity index (χ4v) is 3.44. The van der Waals surface area contributed by atoms with Gasteiger partial charge in [-0.05, 0) is 42.9 Å². The highest BCUT2D eigenvalue weighted by Crippen LogP contribution is 2.26. The molecule has 1 saturated heterocycles. The van der Waals surface area contributed by atoms with E-state index in [1.165, 1.54) is 0 Å². The maximum absolute atomic E-state index is 12.4. The van der Waals surface area contributed by atoms with Crippen LogP contribution in [0.2, 0.25) is 0 Å². The molecular formula is C23H29N3O3. The van der Waals surface area contributed by atoms with Crippen molar-refractivity contribution in [1.82, 2.24) is 4.90 Å². The number of ketones is 1. The Hall–Kier alpha value is -2.86. The molecule has 0 atom stereocenters. The zero-order chi connectivity index (χ0) is 20.6. The van der Waals surface area contributed by atoms with E-state index in [4.69, 9.17) is 4.74 Å². The summed E-state index contributed by atoms with van der Waals surface area (Å²) < 4.78 is 5.58. The van der Waals surface area contributed by atoms with Crippen molar-refractivity contribution >= 4 is 23.1 Å². The second-order valence-corrected chi connectivity index (χ2v) is 7.08. The van der Waals surface area contributed by atoms with Crippen LogP contribution in [0.3, 0.4) is 0 Å². The van der Waals surface area contributed by atoms with Crippen LogP contribution in [0, 0.1) is 0 Å². The van der Waals surface area contributed by atoms with Gasteiger partial charge in [0.15, 0.2) is 12.4 Å². The normalized spacial score (nSPS) is 14.5. The number of para-hydroxylation sites is 2. The SMILES string of the molecule is CCC(=O)c1ccc(OCC(=O)Nc2ccccc2N2CCN(CC)CC2)cc1. The number of nitrogens with zero attached hydrogens (tertiary/aromatic N) is 2. The van der Waals surface area contributed by atoms with E-state index in [0.717, 1.165) is 44.1 Å². The van der Waals surface area contributed by atoms with E-state index in [0.29, 0.717) is 17.7 Å². The molecule has 2 aromatic carbocycles. The number of Topliss-reactive ketones (excluding diaryl/α,β-unsaturated/α-hetero) is 1. The lowest BCUT2D eigenvalue weighted by atomic mass is 10.1. The van der Waals surface area contributed by atoms with Gasteiger partial charge >= 0.3 is 0 Å². The van der Waals surface area contributed by atoms with E-state index in [-0.39, 0.29) is 18.3 Å². The Morgan fingerprint density at radius 2 is 1.66 bits per heavy atom. The molecule has 6 nitrogen and oxygen atoms in total. The van der Waals surface area contributed by atoms with Gasteiger partial charge in [-0.25, -0.2) is 0 Å². The highest BCUT2D eigenvalue weighted by molar-refractivity contribution is 5.96. The fourth-order valence-electron chi connectivity index (χ4n) is 3.44. The third-order valence-electron chi connectivity index (χ3n) is 5.21. The number of hydrogen-bond donors (Lipinski definition) is 1. The quantitative estimate of drug-likeness (QED) is 0.694. The average molecular weight is 396 g/mol. The van der Waals surface area contributed by atoms with E-state index >= 15 is 0 Å². The molecule has 3 rings (SSSR count). The Morgan fingerprint density at radius 3 is 2.31 bits per heavy atom. The number of amides is 1. The molecule has 1 fully saturated rings. The van der Waals surface area contributed by atoms with Crippen LogP contribution in [-0.4, -0.2) is 55.9 Å². The first-order valence-electron chi connectivity index (χ1n) is 10.2. The van der Waals surface area contributed by atoms with Crippen LogP contribution in [0.5, 0.6) is 5.75 Å². The van der Waals surface area contributed by atoms with Gasteiger partial charge in [-0.3, -0.25) is 9.59 Å². The van der Waals surface area contributed by atoms with Crippen molar-refractivity contribution in [3.05, 3.63) is 54.1 Å². The molecule has 0 unspecified atom stereocenters. The molecule has 1 N–H and O–H groups in total. The second kappa shape index (κ2) is 10.1. The van der Waals surface area contributed by atoms with Crippen molar-refractivity contribution in [3.8, 4) is 5.75 Å². The summed E-state index contributed by atoms with van der Waals surface area (Å²) in [4.78, 5) is 28.8. The Kier molecular flexibility index (Phi) is 7.25. The monoisotopic (exact) mass is 395 g/mol. The minimum absolute atomic E-state index is 0.0843. The lowest BCUT2D eigenvalue weighted by Crippen LogP contribution is -2.46. The molecule has 0 radical (unpaired) electrons. The smallest absolute Gasteiger partial charge is 0.262 e. The van der Waals surface area contributed by atoms with Crippen molar-refractivity contribution in [2.45, 2.75) is 20.3 Å². The first kappa shape index (κ1) is 20.9. The zero-order valence-electron chi connectivity index (χ0n) is 17.2. The average Bonchev–Trinajstić information content (AvgIpc) is 2.78. The van der Waals surface area contributed by atoms with Gasteiger partial charge in [0.2, 0.25) is 0 Å². The van der Waals surface area contributed by atoms with Crippen LogP contribution < -0.4 is 15.0 Å². The number of anilines is 2. The van der Waals surface area contributed by atoms with Crippen LogP contribution in [0.4, 0.5) is 11.4 Å². The molecule has 2 aromatic rings. The van der Waals surface area contributed by atoms with Gasteiger partial charge in [-0.1, -0.05) is 26.0 Å². The van der Waals surface area contributed by atoms with Gasteiger partial charge in [0, 0.05) is 38.2 Å². The molecule has 0 bridgehead atoms. The molecule has 0 spiro atoms. The molecular weight excluding hydrogens is 366 g/mol. The van der Waals surface area contributed by atoms with Crippen molar-refractivity contribution in [2.24, 2.45) is 0 Å². The molecule has 1 aliphatic rings. The minimum atomic E-state index is -0.210. The van der Waals surface area contributed by atoms with Crippen LogP contribution in [0.25, 0.3) is 0 Å². The first-order valence-corrected chi connectivity index (χ1v) is 10.2. The lowest BCUT2D eigenvalue weighted by molar-refractivity contribution is -0.118. The zero-order valence-corrected chi connectivity index (χ0v) is 17.2. The number of carbonyl (C=O) groups excluding carboxylic acids is 2. The van der Waals surface area contributed by atoms with Crippen LogP contribution in [-0.2, 0) is 4.79 Å². The topological polar surface area (TPSA) is 61.9 Å². The summed E-state index contributed by atoms with van der Waals surface area (Å²) in [6.45, 7) is 8.94. The predicted octanol–water partition coefficient (Wildman–Crippen LogP) is 3.44. The highest BCUT2D eigenvalue weighted by atomic mass is 16.5. The first-order chi connectivity index (χ1) is 14.1. The summed E-state index contributed by atoms with van der Waals surface area (Å²) in [7, 11) is 0. The molecule has 6 heteroatoms. The third-order valence-corrected chi connectivity index (χ3v) is 5.21. The summed E-state index contributed by atoms with van der Waals surface area (Å²) in [6.07, 6.45) is 0.468. The number of benzene rings is 2. The molecule has 1 heterocycles. The Balaban J connectivity index is 1.56. The number of nitrogens with one attached hydrogen (secondary N) is 1. The number of carbonyl (C=O) groups is 2. The van der Waals surface area contributed by atoms with Gasteiger partial charge in [0.1, 0.15) is 5.75 Å². The summed E-state index contributed by atoms with van der Waals surface area (Å²) in [5.74, 6) is 0.445. The van der Waals surface area contributed by atoms with E-state index < -0.39 is 0 Å². The van der Waals surface area contributed by atoms with Crippen LogP contribution in [0.15, 0.2) is 48.5 Å². The molecule has 1 amide bonds. The minimum Gasteiger partial charge on any atom is -0.484 e. The second-order valence-electron chi connectivity index (χ2n) is 7.08. The maximum Gasteiger partial charge on any atom is 0.262 e. The Morgan fingerprint density at radius 1 is 0.966 bits per heavy atom. The van der Waals surface area contributed by atoms with Gasteiger partial charge in [-0.15, -0.1) is 0 Å². The predicted molar refractivity (Wildman–Crippen MR) is 116 cm³/mol. The third kappa shape index (κ3) is 5.57. The van der Waals surface area contributed by atoms with E-state index in [9.17, 15) is 9.59 Å².